The number of benzene rings is 1. The van der Waals surface area contributed by atoms with Gasteiger partial charge in [-0.05, 0) is 63.5 Å². The van der Waals surface area contributed by atoms with E-state index >= 15 is 0 Å². The average molecular weight is 723 g/mol. The number of nitrogens with one attached hydrogen (secondary N) is 2. The third kappa shape index (κ3) is 8.05. The van der Waals surface area contributed by atoms with Gasteiger partial charge in [0.05, 0.1) is 27.4 Å². The van der Waals surface area contributed by atoms with E-state index in [1.807, 2.05) is 17.5 Å². The number of aliphatic carboxylic acids is 1. The normalized spacial score (nSPS) is 25.8. The minimum absolute atomic E-state index is 0.0148. The van der Waals surface area contributed by atoms with Crippen LogP contribution in [0, 0.1) is 16.0 Å². The van der Waals surface area contributed by atoms with Gasteiger partial charge in [0.15, 0.2) is 0 Å². The Labute approximate surface area is 298 Å². The minimum Gasteiger partial charge on any atom is -0.479 e. The second kappa shape index (κ2) is 14.4. The Hall–Kier alpha value is -4.86. The maximum Gasteiger partial charge on any atom is 0.408 e. The van der Waals surface area contributed by atoms with E-state index in [0.717, 1.165) is 25.7 Å². The Morgan fingerprint density at radius 2 is 1.84 bits per heavy atom. The molecule has 1 aromatic carbocycles. The van der Waals surface area contributed by atoms with Gasteiger partial charge in [-0.2, -0.15) is 0 Å². The van der Waals surface area contributed by atoms with Gasteiger partial charge in [-0.25, -0.2) is 19.6 Å². The summed E-state index contributed by atoms with van der Waals surface area (Å²) in [6.45, 7) is 5.10. The van der Waals surface area contributed by atoms with Gasteiger partial charge in [-0.1, -0.05) is 38.2 Å². The third-order valence-electron chi connectivity index (χ3n) is 9.58. The zero-order valence-electron chi connectivity index (χ0n) is 28.8. The van der Waals surface area contributed by atoms with Crippen molar-refractivity contribution in [3.8, 4) is 16.5 Å². The summed E-state index contributed by atoms with van der Waals surface area (Å²) in [6.07, 6.45) is 3.86. The van der Waals surface area contributed by atoms with E-state index in [1.54, 1.807) is 20.8 Å². The van der Waals surface area contributed by atoms with Gasteiger partial charge < -0.3 is 30.1 Å². The summed E-state index contributed by atoms with van der Waals surface area (Å²) in [4.78, 5) is 76.1. The van der Waals surface area contributed by atoms with Crippen LogP contribution < -0.4 is 15.4 Å². The number of carbonyl (C=O) groups is 4. The third-order valence-corrected chi connectivity index (χ3v) is 10.5. The number of nitro groups is 1. The molecular weight excluding hydrogens is 680 g/mol. The molecule has 15 nitrogen and oxygen atoms in total. The molecule has 1 saturated carbocycles. The standard InChI is InChI=1S/C35H42N6O9S/c1-34(2,3)50-33(46)38-24-11-8-6-4-5-7-10-20-18-35(20,32(44)45)39-29(42)26-17-22(19-40(26)31(24)43)49-30-28(27-12-9-15-51-27)36-25-16-21(41(47)48)13-14-23(25)37-30/h9,12-16,20,22,24,26H,4-8,10-11,17-19H2,1-3H3,(H,38,46)(H,39,42)(H,44,45)/t20?,22-,24+,26+,35?/m1/s1. The number of nitro benzene ring substituents is 1. The summed E-state index contributed by atoms with van der Waals surface area (Å²) in [5.41, 5.74) is -1.37. The lowest BCUT2D eigenvalue weighted by Crippen LogP contribution is -2.56. The number of thiophene rings is 1. The number of carboxylic acid groups (broad SMARTS) is 1. The maximum atomic E-state index is 14.4. The van der Waals surface area contributed by atoms with Crippen LogP contribution in [-0.2, 0) is 19.1 Å². The van der Waals surface area contributed by atoms with Gasteiger partial charge >= 0.3 is 12.1 Å². The summed E-state index contributed by atoms with van der Waals surface area (Å²) in [7, 11) is 0. The predicted molar refractivity (Wildman–Crippen MR) is 186 cm³/mol. The van der Waals surface area contributed by atoms with Crippen LogP contribution in [0.2, 0.25) is 0 Å². The number of alkyl carbamates (subject to hydrolysis) is 1. The van der Waals surface area contributed by atoms with Gasteiger partial charge in [0.25, 0.3) is 5.69 Å². The molecular formula is C35H42N6O9S. The molecule has 5 atom stereocenters. The van der Waals surface area contributed by atoms with E-state index in [0.29, 0.717) is 47.3 Å². The van der Waals surface area contributed by atoms with Crippen LogP contribution in [-0.4, -0.2) is 84.6 Å². The van der Waals surface area contributed by atoms with Crippen molar-refractivity contribution in [2.75, 3.05) is 6.54 Å². The van der Waals surface area contributed by atoms with Crippen molar-refractivity contribution in [2.45, 2.75) is 108 Å². The minimum atomic E-state index is -1.40. The van der Waals surface area contributed by atoms with Crippen molar-refractivity contribution in [1.29, 1.82) is 0 Å². The van der Waals surface area contributed by atoms with Crippen molar-refractivity contribution < 1.29 is 38.7 Å². The highest BCUT2D eigenvalue weighted by atomic mass is 32.1. The topological polar surface area (TPSA) is 203 Å². The second-order valence-electron chi connectivity index (χ2n) is 14.5. The number of hydrogen-bond acceptors (Lipinski definition) is 11. The number of hydrogen-bond donors (Lipinski definition) is 3. The number of fused-ring (bicyclic) bond motifs is 3. The molecule has 0 radical (unpaired) electrons. The summed E-state index contributed by atoms with van der Waals surface area (Å²) >= 11 is 1.37. The summed E-state index contributed by atoms with van der Waals surface area (Å²) in [6, 6.07) is 5.66. The number of carbonyl (C=O) groups excluding carboxylic acids is 3. The number of carboxylic acids is 1. The van der Waals surface area contributed by atoms with Gasteiger partial charge in [0.1, 0.15) is 35.0 Å². The molecule has 3 aliphatic rings. The zero-order valence-corrected chi connectivity index (χ0v) is 29.6. The average Bonchev–Trinajstić information content (AvgIpc) is 3.37. The first-order valence-corrected chi connectivity index (χ1v) is 18.1. The molecule has 3 N–H and O–H groups in total. The maximum absolute atomic E-state index is 14.4. The van der Waals surface area contributed by atoms with Crippen molar-refractivity contribution in [2.24, 2.45) is 5.92 Å². The quantitative estimate of drug-likeness (QED) is 0.223. The zero-order chi connectivity index (χ0) is 36.5. The largest absolute Gasteiger partial charge is 0.479 e. The smallest absolute Gasteiger partial charge is 0.408 e. The van der Waals surface area contributed by atoms with Crippen molar-refractivity contribution in [3.63, 3.8) is 0 Å². The van der Waals surface area contributed by atoms with Crippen molar-refractivity contribution in [1.82, 2.24) is 25.5 Å². The lowest BCUT2D eigenvalue weighted by molar-refractivity contribution is -0.384. The van der Waals surface area contributed by atoms with Gasteiger partial charge in [0, 0.05) is 18.6 Å². The number of ether oxygens (including phenoxy) is 2. The highest BCUT2D eigenvalue weighted by Gasteiger charge is 2.62. The van der Waals surface area contributed by atoms with Crippen LogP contribution in [0.3, 0.4) is 0 Å². The van der Waals surface area contributed by atoms with Crippen LogP contribution in [0.5, 0.6) is 5.88 Å². The molecule has 272 valence electrons. The number of amides is 3. The Balaban J connectivity index is 1.33. The molecule has 3 fully saturated rings. The van der Waals surface area contributed by atoms with E-state index in [-0.39, 0.29) is 30.5 Å². The van der Waals surface area contributed by atoms with Gasteiger partial charge in [-0.15, -0.1) is 11.3 Å². The monoisotopic (exact) mass is 722 g/mol. The van der Waals surface area contributed by atoms with Gasteiger partial charge in [0.2, 0.25) is 17.7 Å². The van der Waals surface area contributed by atoms with Crippen molar-refractivity contribution in [3.05, 3.63) is 45.8 Å². The molecule has 4 heterocycles. The Morgan fingerprint density at radius 1 is 1.10 bits per heavy atom. The Kier molecular flexibility index (Phi) is 10.2. The first-order chi connectivity index (χ1) is 24.2. The molecule has 6 rings (SSSR count). The predicted octanol–water partition coefficient (Wildman–Crippen LogP) is 5.21. The molecule has 0 bridgehead atoms. The number of aromatic nitrogens is 2. The Morgan fingerprint density at radius 3 is 2.53 bits per heavy atom. The Bertz CT molecular complexity index is 1830. The summed E-state index contributed by atoms with van der Waals surface area (Å²) in [5, 5.41) is 29.0. The van der Waals surface area contributed by atoms with Gasteiger partial charge in [-0.3, -0.25) is 19.7 Å². The molecule has 16 heteroatoms. The molecule has 2 aliphatic heterocycles. The van der Waals surface area contributed by atoms with Crippen molar-refractivity contribution >= 4 is 51.9 Å². The van der Waals surface area contributed by atoms with E-state index in [9.17, 15) is 34.4 Å². The van der Waals surface area contributed by atoms with Crippen LogP contribution in [0.4, 0.5) is 10.5 Å². The summed E-state index contributed by atoms with van der Waals surface area (Å²) in [5.74, 6) is -2.31. The fourth-order valence-electron chi connectivity index (χ4n) is 6.96. The number of nitrogens with zero attached hydrogens (tertiary/aromatic N) is 4. The number of rotatable bonds is 6. The molecule has 2 unspecified atom stereocenters. The van der Waals surface area contributed by atoms with Crippen LogP contribution in [0.15, 0.2) is 35.7 Å². The lowest BCUT2D eigenvalue weighted by atomic mass is 10.0. The first kappa shape index (κ1) is 35.9. The summed E-state index contributed by atoms with van der Waals surface area (Å²) < 4.78 is 11.9. The van der Waals surface area contributed by atoms with Crippen LogP contribution in [0.1, 0.15) is 78.6 Å². The van der Waals surface area contributed by atoms with E-state index in [4.69, 9.17) is 9.47 Å². The molecule has 2 saturated heterocycles. The lowest BCUT2D eigenvalue weighted by Gasteiger charge is -2.30. The van der Waals surface area contributed by atoms with Crippen LogP contribution in [0.25, 0.3) is 21.6 Å². The molecule has 0 spiro atoms. The van der Waals surface area contributed by atoms with E-state index < -0.39 is 58.1 Å². The SMILES string of the molecule is CC(C)(C)OC(=O)N[C@H]1CCCCCCCC2CC2(C(=O)O)NC(=O)[C@@H]2C[C@@H](Oc3nc4ccc([N+](=O)[O-])cc4nc3-c3cccs3)CN2C1=O. The van der Waals surface area contributed by atoms with E-state index in [1.165, 1.54) is 34.4 Å². The van der Waals surface area contributed by atoms with Crippen LogP contribution >= 0.6 is 11.3 Å². The number of non-ortho nitro benzene ring substituents is 1. The fourth-order valence-corrected chi connectivity index (χ4v) is 7.66. The molecule has 51 heavy (non-hydrogen) atoms. The highest BCUT2D eigenvalue weighted by Crippen LogP contribution is 2.47. The molecule has 3 amide bonds. The fraction of sp³-hybridized carbons (Fsp3) is 0.543. The molecule has 3 aromatic rings. The molecule has 1 aliphatic carbocycles. The first-order valence-electron chi connectivity index (χ1n) is 17.3. The van der Waals surface area contributed by atoms with E-state index in [2.05, 4.69) is 20.6 Å². The highest BCUT2D eigenvalue weighted by molar-refractivity contribution is 7.13. The molecule has 2 aromatic heterocycles. The second-order valence-corrected chi connectivity index (χ2v) is 15.4.